The predicted molar refractivity (Wildman–Crippen MR) is 169 cm³/mol. The van der Waals surface area contributed by atoms with E-state index in [1.165, 1.54) is 0 Å². The van der Waals surface area contributed by atoms with Crippen molar-refractivity contribution in [3.05, 3.63) is 12.7 Å². The number of carboxylic acid groups (broad SMARTS) is 4. The van der Waals surface area contributed by atoms with Crippen molar-refractivity contribution >= 4 is 29.8 Å². The van der Waals surface area contributed by atoms with Crippen molar-refractivity contribution in [1.29, 1.82) is 0 Å². The molecule has 0 spiro atoms. The van der Waals surface area contributed by atoms with Crippen LogP contribution in [-0.4, -0.2) is 168 Å². The van der Waals surface area contributed by atoms with Gasteiger partial charge in [-0.25, -0.2) is 0 Å². The highest BCUT2D eigenvalue weighted by Gasteiger charge is 2.27. The van der Waals surface area contributed by atoms with Crippen LogP contribution in [-0.2, 0) is 28.7 Å². The number of unbranched alkanes of at least 4 members (excludes halogenated alkanes) is 1. The number of amides is 1. The molecule has 3 atom stereocenters. The van der Waals surface area contributed by atoms with E-state index in [4.69, 9.17) is 4.74 Å². The highest BCUT2D eigenvalue weighted by molar-refractivity contribution is 5.77. The molecular weight excluding hydrogens is 602 g/mol. The number of carboxylic acids is 4. The third-order valence-corrected chi connectivity index (χ3v) is 8.60. The second-order valence-electron chi connectivity index (χ2n) is 12.4. The highest BCUT2D eigenvalue weighted by Crippen LogP contribution is 2.29. The quantitative estimate of drug-likeness (QED) is 0.0991. The van der Waals surface area contributed by atoms with Crippen LogP contribution in [0.2, 0.25) is 0 Å². The monoisotopic (exact) mass is 655 g/mol. The lowest BCUT2D eigenvalue weighted by Gasteiger charge is -2.37. The summed E-state index contributed by atoms with van der Waals surface area (Å²) in [5.41, 5.74) is 0. The maximum atomic E-state index is 12.3. The standard InChI is InChI=1S/C31H53N5O10/c1-2-24-6-5-7-25(16-24)22-46-23-27(37)32-9-4-3-8-26-17-35(20-30(42)43)13-12-33(18-28(38)39)10-11-34(19-29(40)41)14-15-36(26)21-31(44)45/h2,24-26H,1,3-23H2,(H,32,37)(H,38,39)(H,40,41)(H,42,43)(H,44,45). The van der Waals surface area contributed by atoms with Gasteiger partial charge in [-0.05, 0) is 43.9 Å². The average molecular weight is 656 g/mol. The maximum Gasteiger partial charge on any atom is 0.317 e. The van der Waals surface area contributed by atoms with Crippen molar-refractivity contribution in [2.75, 3.05) is 91.8 Å². The molecule has 1 saturated carbocycles. The van der Waals surface area contributed by atoms with E-state index >= 15 is 0 Å². The van der Waals surface area contributed by atoms with Crippen LogP contribution in [0.3, 0.4) is 0 Å². The number of carbonyl (C=O) groups is 5. The highest BCUT2D eigenvalue weighted by atomic mass is 16.5. The van der Waals surface area contributed by atoms with Crippen LogP contribution in [0.25, 0.3) is 0 Å². The summed E-state index contributed by atoms with van der Waals surface area (Å²) in [6.07, 6.45) is 8.17. The Morgan fingerprint density at radius 2 is 1.33 bits per heavy atom. The first-order valence-electron chi connectivity index (χ1n) is 16.2. The van der Waals surface area contributed by atoms with Crippen molar-refractivity contribution < 1.29 is 49.1 Å². The molecule has 262 valence electrons. The normalized spacial score (nSPS) is 23.1. The van der Waals surface area contributed by atoms with Crippen molar-refractivity contribution in [1.82, 2.24) is 24.9 Å². The van der Waals surface area contributed by atoms with E-state index in [1.807, 2.05) is 6.08 Å². The van der Waals surface area contributed by atoms with Crippen LogP contribution in [0.15, 0.2) is 12.7 Å². The van der Waals surface area contributed by atoms with Gasteiger partial charge >= 0.3 is 23.9 Å². The number of hydrogen-bond donors (Lipinski definition) is 5. The van der Waals surface area contributed by atoms with Gasteiger partial charge in [0.25, 0.3) is 0 Å². The Labute approximate surface area is 271 Å². The van der Waals surface area contributed by atoms with Crippen LogP contribution in [0.1, 0.15) is 44.9 Å². The van der Waals surface area contributed by atoms with E-state index < -0.39 is 23.9 Å². The van der Waals surface area contributed by atoms with Crippen LogP contribution < -0.4 is 5.32 Å². The summed E-state index contributed by atoms with van der Waals surface area (Å²) < 4.78 is 5.66. The van der Waals surface area contributed by atoms with Gasteiger partial charge in [0.1, 0.15) is 6.61 Å². The SMILES string of the molecule is C=CC1CCCC(COCC(=O)NCCCCC2CN(CC(=O)O)CCN(CC(=O)O)CCN(CC(=O)O)CCN2CC(=O)O)C1. The number of nitrogens with zero attached hydrogens (tertiary/aromatic N) is 4. The summed E-state index contributed by atoms with van der Waals surface area (Å²) in [5, 5.41) is 40.9. The number of allylic oxidation sites excluding steroid dienone is 1. The van der Waals surface area contributed by atoms with Crippen LogP contribution in [0.5, 0.6) is 0 Å². The molecule has 5 N–H and O–H groups in total. The van der Waals surface area contributed by atoms with Gasteiger partial charge in [-0.2, -0.15) is 0 Å². The molecule has 1 saturated heterocycles. The number of hydrogen-bond acceptors (Lipinski definition) is 10. The Hall–Kier alpha value is -3.11. The van der Waals surface area contributed by atoms with E-state index in [2.05, 4.69) is 11.9 Å². The summed E-state index contributed by atoms with van der Waals surface area (Å²) in [4.78, 5) is 65.6. The molecular formula is C31H53N5O10. The lowest BCUT2D eigenvalue weighted by atomic mass is 9.82. The minimum absolute atomic E-state index is 0.0137. The molecule has 0 bridgehead atoms. The van der Waals surface area contributed by atoms with E-state index in [-0.39, 0.29) is 90.5 Å². The molecule has 2 rings (SSSR count). The van der Waals surface area contributed by atoms with E-state index in [0.717, 1.165) is 25.7 Å². The minimum atomic E-state index is -1.06. The summed E-state index contributed by atoms with van der Waals surface area (Å²) in [7, 11) is 0. The van der Waals surface area contributed by atoms with Crippen LogP contribution in [0.4, 0.5) is 0 Å². The van der Waals surface area contributed by atoms with E-state index in [1.54, 1.807) is 19.6 Å². The Bertz CT molecular complexity index is 999. The smallest absolute Gasteiger partial charge is 0.317 e. The van der Waals surface area contributed by atoms with Gasteiger partial charge in [-0.1, -0.05) is 18.9 Å². The summed E-state index contributed by atoms with van der Waals surface area (Å²) >= 11 is 0. The molecule has 0 aromatic carbocycles. The van der Waals surface area contributed by atoms with Crippen LogP contribution in [0, 0.1) is 11.8 Å². The lowest BCUT2D eigenvalue weighted by molar-refractivity contribution is -0.142. The summed E-state index contributed by atoms with van der Waals surface area (Å²) in [6, 6.07) is -0.372. The molecule has 3 unspecified atom stereocenters. The molecule has 1 heterocycles. The molecule has 15 nitrogen and oxygen atoms in total. The summed E-state index contributed by atoms with van der Waals surface area (Å²) in [5.74, 6) is -3.46. The zero-order valence-electron chi connectivity index (χ0n) is 26.9. The molecule has 15 heteroatoms. The Balaban J connectivity index is 2.00. The number of aliphatic carboxylic acids is 4. The zero-order chi connectivity index (χ0) is 33.9. The van der Waals surface area contributed by atoms with Gasteiger partial charge in [-0.15, -0.1) is 6.58 Å². The topological polar surface area (TPSA) is 200 Å². The Kier molecular flexibility index (Phi) is 18.4. The van der Waals surface area contributed by atoms with Crippen molar-refractivity contribution in [2.45, 2.75) is 51.0 Å². The lowest BCUT2D eigenvalue weighted by Crippen LogP contribution is -2.53. The fourth-order valence-corrected chi connectivity index (χ4v) is 6.24. The first-order chi connectivity index (χ1) is 21.9. The number of nitrogens with one attached hydrogen (secondary N) is 1. The van der Waals surface area contributed by atoms with Gasteiger partial charge in [0.05, 0.1) is 32.8 Å². The van der Waals surface area contributed by atoms with E-state index in [0.29, 0.717) is 44.2 Å². The molecule has 1 aliphatic heterocycles. The molecule has 0 aromatic rings. The van der Waals surface area contributed by atoms with Crippen molar-refractivity contribution in [3.63, 3.8) is 0 Å². The second kappa shape index (κ2) is 21.6. The second-order valence-corrected chi connectivity index (χ2v) is 12.4. The molecule has 1 amide bonds. The van der Waals surface area contributed by atoms with Gasteiger partial charge in [0, 0.05) is 58.4 Å². The van der Waals surface area contributed by atoms with Gasteiger partial charge in [-0.3, -0.25) is 43.6 Å². The zero-order valence-corrected chi connectivity index (χ0v) is 26.9. The van der Waals surface area contributed by atoms with Gasteiger partial charge in [0.15, 0.2) is 0 Å². The molecule has 0 radical (unpaired) electrons. The first-order valence-corrected chi connectivity index (χ1v) is 16.2. The maximum absolute atomic E-state index is 12.3. The average Bonchev–Trinajstić information content (AvgIpc) is 2.98. The third kappa shape index (κ3) is 17.0. The molecule has 0 aromatic heterocycles. The molecule has 1 aliphatic carbocycles. The first kappa shape index (κ1) is 39.1. The van der Waals surface area contributed by atoms with E-state index in [9.17, 15) is 44.4 Å². The predicted octanol–water partition coefficient (Wildman–Crippen LogP) is 0.211. The molecule has 2 fully saturated rings. The largest absolute Gasteiger partial charge is 0.480 e. The minimum Gasteiger partial charge on any atom is -0.480 e. The Morgan fingerprint density at radius 1 is 0.761 bits per heavy atom. The molecule has 2 aliphatic rings. The number of ether oxygens (including phenoxy) is 1. The van der Waals surface area contributed by atoms with Gasteiger partial charge < -0.3 is 30.5 Å². The Morgan fingerprint density at radius 3 is 1.91 bits per heavy atom. The fourth-order valence-electron chi connectivity index (χ4n) is 6.24. The fraction of sp³-hybridized carbons (Fsp3) is 0.774. The van der Waals surface area contributed by atoms with Crippen molar-refractivity contribution in [3.8, 4) is 0 Å². The molecule has 46 heavy (non-hydrogen) atoms. The summed E-state index contributed by atoms with van der Waals surface area (Å²) in [6.45, 7) is 5.36. The number of rotatable bonds is 18. The number of carbonyl (C=O) groups excluding carboxylic acids is 1. The van der Waals surface area contributed by atoms with Crippen LogP contribution >= 0.6 is 0 Å². The van der Waals surface area contributed by atoms with Gasteiger partial charge in [0.2, 0.25) is 5.91 Å². The third-order valence-electron chi connectivity index (χ3n) is 8.60. The van der Waals surface area contributed by atoms with Crippen molar-refractivity contribution in [2.24, 2.45) is 11.8 Å².